The lowest BCUT2D eigenvalue weighted by Gasteiger charge is -2.35. The normalized spacial score (nSPS) is 13.6. The first-order chi connectivity index (χ1) is 12.6. The summed E-state index contributed by atoms with van der Waals surface area (Å²) in [5.41, 5.74) is 0.417. The first-order valence-corrected chi connectivity index (χ1v) is 8.58. The van der Waals surface area contributed by atoms with Crippen LogP contribution in [0.3, 0.4) is 0 Å². The summed E-state index contributed by atoms with van der Waals surface area (Å²) in [6.07, 6.45) is 0.466. The third-order valence-electron chi connectivity index (χ3n) is 4.44. The highest BCUT2D eigenvalue weighted by molar-refractivity contribution is 5.98. The van der Waals surface area contributed by atoms with E-state index in [0.717, 1.165) is 0 Å². The molecule has 27 heavy (non-hydrogen) atoms. The van der Waals surface area contributed by atoms with Crippen molar-refractivity contribution in [2.24, 2.45) is 0 Å². The van der Waals surface area contributed by atoms with Gasteiger partial charge in [-0.2, -0.15) is 0 Å². The maximum Gasteiger partial charge on any atom is 0.257 e. The number of methoxy groups -OCH3 is 3. The lowest BCUT2D eigenvalue weighted by atomic mass is 10.1. The largest absolute Gasteiger partial charge is 0.493 e. The van der Waals surface area contributed by atoms with E-state index < -0.39 is 0 Å². The molecular weight excluding hydrogens is 374 g/mol. The first-order valence-electron chi connectivity index (χ1n) is 8.58. The number of benzene rings is 1. The van der Waals surface area contributed by atoms with Crippen molar-refractivity contribution in [1.82, 2.24) is 15.1 Å². The summed E-state index contributed by atoms with van der Waals surface area (Å²) >= 11 is 0. The Bertz CT molecular complexity index is 648. The van der Waals surface area contributed by atoms with Crippen LogP contribution in [-0.2, 0) is 4.79 Å². The van der Waals surface area contributed by atoms with E-state index >= 15 is 0 Å². The van der Waals surface area contributed by atoms with Crippen molar-refractivity contribution in [2.45, 2.75) is 6.42 Å². The summed E-state index contributed by atoms with van der Waals surface area (Å²) in [6.45, 7) is 2.69. The summed E-state index contributed by atoms with van der Waals surface area (Å²) in [5, 5.41) is 2.97. The Hall–Kier alpha value is -2.19. The van der Waals surface area contributed by atoms with Crippen LogP contribution in [0.15, 0.2) is 12.1 Å². The predicted octanol–water partition coefficient (Wildman–Crippen LogP) is 1.03. The smallest absolute Gasteiger partial charge is 0.257 e. The Balaban J connectivity index is 0.00000364. The summed E-state index contributed by atoms with van der Waals surface area (Å²) in [7, 11) is 6.35. The van der Waals surface area contributed by atoms with Gasteiger partial charge in [0.15, 0.2) is 11.5 Å². The second-order valence-electron chi connectivity index (χ2n) is 5.91. The van der Waals surface area contributed by atoms with Gasteiger partial charge < -0.3 is 29.3 Å². The van der Waals surface area contributed by atoms with Crippen LogP contribution in [0, 0.1) is 0 Å². The number of ether oxygens (including phenoxy) is 3. The Kier molecular flexibility index (Phi) is 9.17. The molecule has 1 N–H and O–H groups in total. The van der Waals surface area contributed by atoms with Gasteiger partial charge in [-0.3, -0.25) is 9.59 Å². The minimum absolute atomic E-state index is 0. The summed E-state index contributed by atoms with van der Waals surface area (Å²) < 4.78 is 16.0. The van der Waals surface area contributed by atoms with Gasteiger partial charge >= 0.3 is 0 Å². The number of hydrogen-bond donors (Lipinski definition) is 1. The second kappa shape index (κ2) is 10.8. The molecule has 0 spiro atoms. The molecule has 0 radical (unpaired) electrons. The number of nitrogens with zero attached hydrogens (tertiary/aromatic N) is 2. The zero-order valence-electron chi connectivity index (χ0n) is 16.2. The van der Waals surface area contributed by atoms with Gasteiger partial charge in [-0.1, -0.05) is 0 Å². The minimum atomic E-state index is -0.148. The fourth-order valence-electron chi connectivity index (χ4n) is 2.99. The Morgan fingerprint density at radius 3 is 2.07 bits per heavy atom. The second-order valence-corrected chi connectivity index (χ2v) is 5.91. The zero-order chi connectivity index (χ0) is 19.1. The highest BCUT2D eigenvalue weighted by Crippen LogP contribution is 2.40. The molecule has 0 atom stereocenters. The molecule has 9 heteroatoms. The zero-order valence-corrected chi connectivity index (χ0v) is 17.1. The fourth-order valence-corrected chi connectivity index (χ4v) is 2.99. The average Bonchev–Trinajstić information content (AvgIpc) is 2.70. The molecule has 1 aromatic rings. The monoisotopic (exact) mass is 401 g/mol. The lowest BCUT2D eigenvalue weighted by Crippen LogP contribution is -2.51. The molecule has 1 heterocycles. The maximum atomic E-state index is 12.9. The Morgan fingerprint density at radius 1 is 0.963 bits per heavy atom. The average molecular weight is 402 g/mol. The summed E-state index contributed by atoms with van der Waals surface area (Å²) in [4.78, 5) is 28.5. The maximum absolute atomic E-state index is 12.9. The van der Waals surface area contributed by atoms with Gasteiger partial charge in [0.1, 0.15) is 0 Å². The number of amides is 2. The van der Waals surface area contributed by atoms with Gasteiger partial charge in [-0.15, -0.1) is 12.4 Å². The minimum Gasteiger partial charge on any atom is -0.493 e. The van der Waals surface area contributed by atoms with Crippen LogP contribution in [0.5, 0.6) is 17.2 Å². The van der Waals surface area contributed by atoms with Crippen LogP contribution in [0.1, 0.15) is 16.8 Å². The summed E-state index contributed by atoms with van der Waals surface area (Å²) in [5.74, 6) is 1.20. The number of piperazine rings is 1. The predicted molar refractivity (Wildman–Crippen MR) is 104 cm³/mol. The van der Waals surface area contributed by atoms with E-state index in [1.165, 1.54) is 21.3 Å². The van der Waals surface area contributed by atoms with E-state index in [1.807, 2.05) is 7.05 Å². The first kappa shape index (κ1) is 22.9. The molecule has 1 aliphatic heterocycles. The number of rotatable bonds is 7. The van der Waals surface area contributed by atoms with Crippen molar-refractivity contribution in [2.75, 3.05) is 61.1 Å². The number of hydrogen-bond acceptors (Lipinski definition) is 6. The van der Waals surface area contributed by atoms with Crippen molar-refractivity contribution >= 4 is 24.2 Å². The van der Waals surface area contributed by atoms with E-state index in [1.54, 1.807) is 21.9 Å². The van der Waals surface area contributed by atoms with Crippen LogP contribution >= 0.6 is 12.4 Å². The Morgan fingerprint density at radius 2 is 1.56 bits per heavy atom. The van der Waals surface area contributed by atoms with E-state index in [9.17, 15) is 9.59 Å². The highest BCUT2D eigenvalue weighted by atomic mass is 35.5. The van der Waals surface area contributed by atoms with Gasteiger partial charge in [0.05, 0.1) is 26.9 Å². The van der Waals surface area contributed by atoms with Crippen molar-refractivity contribution in [3.05, 3.63) is 17.7 Å². The molecule has 8 nitrogen and oxygen atoms in total. The van der Waals surface area contributed by atoms with Crippen molar-refractivity contribution in [3.8, 4) is 17.2 Å². The number of halogens is 1. The number of carbonyl (C=O) groups excluding carboxylic acids is 2. The van der Waals surface area contributed by atoms with Crippen molar-refractivity contribution in [3.63, 3.8) is 0 Å². The molecule has 0 unspecified atom stereocenters. The fraction of sp³-hybridized carbons (Fsp3) is 0.556. The van der Waals surface area contributed by atoms with Gasteiger partial charge in [0, 0.05) is 39.1 Å². The molecule has 0 aliphatic carbocycles. The van der Waals surface area contributed by atoms with E-state index in [-0.39, 0.29) is 24.2 Å². The molecule has 1 aliphatic rings. The molecule has 2 amide bonds. The van der Waals surface area contributed by atoms with Crippen LogP contribution in [0.2, 0.25) is 0 Å². The van der Waals surface area contributed by atoms with Crippen LogP contribution in [0.25, 0.3) is 0 Å². The SMILES string of the molecule is CNCCC(=O)N1CCN(C(=O)c2ccc(OC)c(OC)c2OC)CC1.Cl. The van der Waals surface area contributed by atoms with Crippen molar-refractivity contribution in [1.29, 1.82) is 0 Å². The van der Waals surface area contributed by atoms with Crippen LogP contribution in [-0.4, -0.2) is 82.7 Å². The molecule has 1 aromatic carbocycles. The standard InChI is InChI=1S/C18H27N3O5.ClH/c1-19-8-7-15(22)20-9-11-21(12-10-20)18(23)13-5-6-14(24-2)17(26-4)16(13)25-3;/h5-6,19H,7-12H2,1-4H3;1H. The molecular formula is C18H28ClN3O5. The van der Waals surface area contributed by atoms with E-state index in [0.29, 0.717) is 62.0 Å². The van der Waals surface area contributed by atoms with E-state index in [4.69, 9.17) is 14.2 Å². The lowest BCUT2D eigenvalue weighted by molar-refractivity contribution is -0.132. The molecule has 2 rings (SSSR count). The third-order valence-corrected chi connectivity index (χ3v) is 4.44. The third kappa shape index (κ3) is 5.17. The Labute approximate surface area is 166 Å². The van der Waals surface area contributed by atoms with Gasteiger partial charge in [0.2, 0.25) is 11.7 Å². The van der Waals surface area contributed by atoms with Crippen LogP contribution < -0.4 is 19.5 Å². The van der Waals surface area contributed by atoms with Gasteiger partial charge in [-0.05, 0) is 19.2 Å². The van der Waals surface area contributed by atoms with Gasteiger partial charge in [0.25, 0.3) is 5.91 Å². The van der Waals surface area contributed by atoms with Gasteiger partial charge in [-0.25, -0.2) is 0 Å². The number of nitrogens with one attached hydrogen (secondary N) is 1. The molecule has 152 valence electrons. The molecule has 1 saturated heterocycles. The molecule has 1 fully saturated rings. The molecule has 0 saturated carbocycles. The highest BCUT2D eigenvalue weighted by Gasteiger charge is 2.28. The summed E-state index contributed by atoms with van der Waals surface area (Å²) in [6, 6.07) is 3.36. The molecule has 0 bridgehead atoms. The van der Waals surface area contributed by atoms with E-state index in [2.05, 4.69) is 5.32 Å². The number of carbonyl (C=O) groups is 2. The molecule has 0 aromatic heterocycles. The van der Waals surface area contributed by atoms with Crippen LogP contribution in [0.4, 0.5) is 0 Å². The van der Waals surface area contributed by atoms with Crippen molar-refractivity contribution < 1.29 is 23.8 Å². The quantitative estimate of drug-likeness (QED) is 0.735. The topological polar surface area (TPSA) is 80.3 Å².